The smallest absolute Gasteiger partial charge is 0.382 e. The van der Waals surface area contributed by atoms with Gasteiger partial charge in [0, 0.05) is 16.8 Å². The van der Waals surface area contributed by atoms with Crippen LogP contribution in [-0.4, -0.2) is 63.6 Å². The number of hydrogen-bond acceptors (Lipinski definition) is 7. The number of nitrogens with one attached hydrogen (secondary N) is 1. The van der Waals surface area contributed by atoms with Crippen molar-refractivity contribution in [2.75, 3.05) is 5.32 Å². The summed E-state index contributed by atoms with van der Waals surface area (Å²) in [6.07, 6.45) is -4.69. The molecule has 0 spiro atoms. The van der Waals surface area contributed by atoms with Crippen molar-refractivity contribution >= 4 is 23.2 Å². The van der Waals surface area contributed by atoms with Gasteiger partial charge < -0.3 is 10.4 Å². The van der Waals surface area contributed by atoms with Gasteiger partial charge in [-0.2, -0.15) is 13.2 Å². The fourth-order valence-electron chi connectivity index (χ4n) is 3.75. The van der Waals surface area contributed by atoms with Crippen molar-refractivity contribution in [3.05, 3.63) is 70.4 Å². The number of carbonyl (C=O) groups is 1. The molecule has 204 valence electrons. The van der Waals surface area contributed by atoms with E-state index in [2.05, 4.69) is 25.5 Å². The lowest BCUT2D eigenvalue weighted by atomic mass is 10.2. The Morgan fingerprint density at radius 1 is 1.21 bits per heavy atom. The summed E-state index contributed by atoms with van der Waals surface area (Å²) >= 11 is 5.90. The molecule has 1 fully saturated rings. The van der Waals surface area contributed by atoms with Crippen LogP contribution in [0.15, 0.2) is 53.8 Å². The Kier molecular flexibility index (Phi) is 6.94. The molecule has 4 aromatic rings. The highest BCUT2D eigenvalue weighted by Gasteiger charge is 2.44. The van der Waals surface area contributed by atoms with E-state index in [-0.39, 0.29) is 24.6 Å². The van der Waals surface area contributed by atoms with Crippen molar-refractivity contribution in [1.29, 1.82) is 0 Å². The average molecular weight is 567 g/mol. The lowest BCUT2D eigenvalue weighted by Gasteiger charge is -2.15. The normalized spacial score (nSPS) is 17.7. The molecule has 3 heterocycles. The third-order valence-electron chi connectivity index (χ3n) is 5.94. The number of nitrogens with zero attached hydrogens (tertiary/aromatic N) is 7. The molecule has 16 heteroatoms. The second kappa shape index (κ2) is 10.2. The van der Waals surface area contributed by atoms with E-state index in [1.165, 1.54) is 53.7 Å². The highest BCUT2D eigenvalue weighted by atomic mass is 35.5. The summed E-state index contributed by atoms with van der Waals surface area (Å²) in [5.74, 6) is -1.26. The summed E-state index contributed by atoms with van der Waals surface area (Å²) in [6, 6.07) is 7.41. The van der Waals surface area contributed by atoms with Crippen LogP contribution >= 0.6 is 11.6 Å². The number of anilines is 1. The van der Waals surface area contributed by atoms with Crippen LogP contribution in [0.4, 0.5) is 23.2 Å². The van der Waals surface area contributed by atoms with Gasteiger partial charge in [0.2, 0.25) is 5.91 Å². The van der Waals surface area contributed by atoms with Gasteiger partial charge in [0.05, 0.1) is 24.3 Å². The molecular weight excluding hydrogens is 548 g/mol. The molecule has 1 aromatic carbocycles. The van der Waals surface area contributed by atoms with Crippen LogP contribution < -0.4 is 11.0 Å². The van der Waals surface area contributed by atoms with Crippen LogP contribution in [0, 0.1) is 5.92 Å². The molecule has 0 unspecified atom stereocenters. The van der Waals surface area contributed by atoms with E-state index in [1.807, 2.05) is 0 Å². The molecule has 39 heavy (non-hydrogen) atoms. The molecule has 1 aliphatic carbocycles. The number of aliphatic hydroxyl groups is 1. The molecule has 1 saturated carbocycles. The van der Waals surface area contributed by atoms with E-state index < -0.39 is 42.5 Å². The average Bonchev–Trinajstić information content (AvgIpc) is 3.32. The summed E-state index contributed by atoms with van der Waals surface area (Å²) in [4.78, 5) is 33.4. The second-order valence-corrected chi connectivity index (χ2v) is 9.22. The van der Waals surface area contributed by atoms with Crippen LogP contribution in [-0.2, 0) is 17.9 Å². The lowest BCUT2D eigenvalue weighted by molar-refractivity contribution is -0.207. The van der Waals surface area contributed by atoms with Gasteiger partial charge in [0.1, 0.15) is 24.7 Å². The molecule has 0 saturated heterocycles. The van der Waals surface area contributed by atoms with Gasteiger partial charge in [-0.15, -0.1) is 10.2 Å². The molecule has 2 N–H and O–H groups in total. The molecule has 3 aromatic heterocycles. The Labute approximate surface area is 221 Å². The summed E-state index contributed by atoms with van der Waals surface area (Å²) in [5.41, 5.74) is -0.0176. The molecule has 11 nitrogen and oxygen atoms in total. The molecule has 0 bridgehead atoms. The van der Waals surface area contributed by atoms with Crippen molar-refractivity contribution in [2.24, 2.45) is 5.92 Å². The first-order valence-electron chi connectivity index (χ1n) is 11.5. The Hall–Kier alpha value is -4.11. The van der Waals surface area contributed by atoms with Gasteiger partial charge in [0.15, 0.2) is 17.8 Å². The fraction of sp³-hybridized carbons (Fsp3) is 0.304. The number of alkyl halides is 4. The number of amides is 1. The first-order valence-corrected chi connectivity index (χ1v) is 11.9. The van der Waals surface area contributed by atoms with Gasteiger partial charge in [0.25, 0.3) is 0 Å². The molecule has 0 radical (unpaired) electrons. The molecule has 3 atom stereocenters. The highest BCUT2D eigenvalue weighted by molar-refractivity contribution is 6.30. The lowest BCUT2D eigenvalue weighted by Crippen LogP contribution is -2.37. The number of aromatic nitrogens is 7. The maximum atomic E-state index is 13.3. The first kappa shape index (κ1) is 26.5. The fourth-order valence-corrected chi connectivity index (χ4v) is 3.88. The quantitative estimate of drug-likeness (QED) is 0.313. The Balaban J connectivity index is 1.43. The molecule has 1 aliphatic rings. The zero-order chi connectivity index (χ0) is 27.9. The minimum Gasteiger partial charge on any atom is -0.382 e. The van der Waals surface area contributed by atoms with Crippen LogP contribution in [0.5, 0.6) is 0 Å². The standard InChI is InChI=1S/C23H19ClF4N8O3/c24-13-3-1-12(2-4-13)20-33-35(22(39)34(20)9-18(37)23(26,27)28)10-19-30-11-36(32-19)17-8-29-6-5-16(17)31-21(38)14-7-15(14)25/h1-6,8,11,14-15,18,37H,7,9-10H2,(H,29,31,38)/t14-,15+,18-/m0/s1. The van der Waals surface area contributed by atoms with Gasteiger partial charge in [-0.1, -0.05) is 11.6 Å². The Morgan fingerprint density at radius 2 is 1.92 bits per heavy atom. The maximum absolute atomic E-state index is 13.3. The van der Waals surface area contributed by atoms with Crippen molar-refractivity contribution in [1.82, 2.24) is 34.1 Å². The van der Waals surface area contributed by atoms with Crippen LogP contribution in [0.1, 0.15) is 12.2 Å². The van der Waals surface area contributed by atoms with Gasteiger partial charge in [-0.05, 0) is 36.8 Å². The number of rotatable bonds is 8. The van der Waals surface area contributed by atoms with E-state index in [9.17, 15) is 32.3 Å². The molecule has 0 aliphatic heterocycles. The predicted octanol–water partition coefficient (Wildman–Crippen LogP) is 2.61. The highest BCUT2D eigenvalue weighted by Crippen LogP contribution is 2.35. The van der Waals surface area contributed by atoms with E-state index in [1.54, 1.807) is 0 Å². The van der Waals surface area contributed by atoms with Gasteiger partial charge >= 0.3 is 11.9 Å². The van der Waals surface area contributed by atoms with Crippen molar-refractivity contribution in [3.63, 3.8) is 0 Å². The number of carbonyl (C=O) groups excluding carboxylic acids is 1. The van der Waals surface area contributed by atoms with Crippen molar-refractivity contribution in [2.45, 2.75) is 38.0 Å². The number of halogens is 5. The number of hydrogen-bond donors (Lipinski definition) is 2. The van der Waals surface area contributed by atoms with Crippen molar-refractivity contribution < 1.29 is 27.5 Å². The van der Waals surface area contributed by atoms with Gasteiger partial charge in [-0.3, -0.25) is 14.3 Å². The third-order valence-corrected chi connectivity index (χ3v) is 6.20. The SMILES string of the molecule is O=C(Nc1ccncc1-n1cnc(Cn2nc(-c3ccc(Cl)cc3)n(C[C@H](O)C(F)(F)F)c2=O)n1)[C@H]1C[C@H]1F. The molecule has 5 rings (SSSR count). The zero-order valence-corrected chi connectivity index (χ0v) is 20.5. The topological polar surface area (TPSA) is 133 Å². The zero-order valence-electron chi connectivity index (χ0n) is 19.8. The van der Waals surface area contributed by atoms with E-state index >= 15 is 0 Å². The van der Waals surface area contributed by atoms with E-state index in [4.69, 9.17) is 11.6 Å². The third kappa shape index (κ3) is 5.68. The van der Waals surface area contributed by atoms with Crippen LogP contribution in [0.25, 0.3) is 17.1 Å². The largest absolute Gasteiger partial charge is 0.416 e. The summed E-state index contributed by atoms with van der Waals surface area (Å²) in [5, 5.41) is 21.0. The maximum Gasteiger partial charge on any atom is 0.416 e. The minimum atomic E-state index is -4.96. The summed E-state index contributed by atoms with van der Waals surface area (Å²) in [7, 11) is 0. The second-order valence-electron chi connectivity index (χ2n) is 8.78. The Bertz CT molecular complexity index is 1570. The Morgan fingerprint density at radius 3 is 2.59 bits per heavy atom. The van der Waals surface area contributed by atoms with E-state index in [0.29, 0.717) is 26.5 Å². The number of aliphatic hydroxyl groups excluding tert-OH is 1. The molecular formula is C23H19ClF4N8O3. The van der Waals surface area contributed by atoms with Crippen molar-refractivity contribution in [3.8, 4) is 17.1 Å². The summed E-state index contributed by atoms with van der Waals surface area (Å²) in [6.45, 7) is -1.41. The van der Waals surface area contributed by atoms with Gasteiger partial charge in [-0.25, -0.2) is 23.5 Å². The van der Waals surface area contributed by atoms with Crippen LogP contribution in [0.3, 0.4) is 0 Å². The monoisotopic (exact) mass is 566 g/mol. The molecule has 1 amide bonds. The van der Waals surface area contributed by atoms with E-state index in [0.717, 1.165) is 4.68 Å². The van der Waals surface area contributed by atoms with Crippen LogP contribution in [0.2, 0.25) is 5.02 Å². The first-order chi connectivity index (χ1) is 18.5. The number of pyridine rings is 1. The minimum absolute atomic E-state index is 0.0629. The number of benzene rings is 1. The summed E-state index contributed by atoms with van der Waals surface area (Å²) < 4.78 is 55.3. The predicted molar refractivity (Wildman–Crippen MR) is 129 cm³/mol.